The highest BCUT2D eigenvalue weighted by molar-refractivity contribution is 7.26. The van der Waals surface area contributed by atoms with Crippen molar-refractivity contribution >= 4 is 97.1 Å². The van der Waals surface area contributed by atoms with Gasteiger partial charge < -0.3 is 13.6 Å². The van der Waals surface area contributed by atoms with Crippen LogP contribution in [0.3, 0.4) is 0 Å². The van der Waals surface area contributed by atoms with Gasteiger partial charge in [0.2, 0.25) is 0 Å². The zero-order chi connectivity index (χ0) is 31.5. The summed E-state index contributed by atoms with van der Waals surface area (Å²) in [6, 6.07) is 51.7. The largest absolute Gasteiger partial charge is 0.456 e. The Kier molecular flexibility index (Phi) is 5.03. The monoisotopic (exact) mass is 629 g/mol. The molecule has 222 valence electrons. The first-order chi connectivity index (χ1) is 23.7. The van der Waals surface area contributed by atoms with E-state index in [0.717, 1.165) is 55.1 Å². The third-order valence-electron chi connectivity index (χ3n) is 9.93. The van der Waals surface area contributed by atoms with Crippen LogP contribution in [0.1, 0.15) is 5.56 Å². The van der Waals surface area contributed by atoms with Gasteiger partial charge in [-0.3, -0.25) is 0 Å². The Balaban J connectivity index is 1.19. The third-order valence-corrected chi connectivity index (χ3v) is 11.1. The molecule has 4 heterocycles. The highest BCUT2D eigenvalue weighted by Crippen LogP contribution is 2.44. The van der Waals surface area contributed by atoms with Gasteiger partial charge in [0.25, 0.3) is 0 Å². The quantitative estimate of drug-likeness (QED) is 0.191. The average Bonchev–Trinajstić information content (AvgIpc) is 3.88. The van der Waals surface area contributed by atoms with Crippen molar-refractivity contribution in [3.05, 3.63) is 145 Å². The molecule has 11 aromatic rings. The molecule has 11 rings (SSSR count). The number of furan rings is 1. The highest BCUT2D eigenvalue weighted by atomic mass is 32.1. The molecule has 0 unspecified atom stereocenters. The maximum absolute atomic E-state index is 9.61. The maximum atomic E-state index is 9.61. The van der Waals surface area contributed by atoms with Gasteiger partial charge >= 0.3 is 0 Å². The zero-order valence-corrected chi connectivity index (χ0v) is 26.3. The fourth-order valence-corrected chi connectivity index (χ4v) is 9.09. The summed E-state index contributed by atoms with van der Waals surface area (Å²) in [7, 11) is 0. The van der Waals surface area contributed by atoms with E-state index in [9.17, 15) is 5.26 Å². The fourth-order valence-electron chi connectivity index (χ4n) is 7.85. The third kappa shape index (κ3) is 3.37. The number of thiophene rings is 1. The SMILES string of the molecule is N#Cc1ccc2c(c1)c1ccccc1n2-c1ccc2oc3ccc(-n4c5ccccc5c5ccc6c7ccccc7sc6c54)cc3c2c1. The second kappa shape index (κ2) is 9.36. The summed E-state index contributed by atoms with van der Waals surface area (Å²) < 4.78 is 13.8. The molecule has 0 radical (unpaired) electrons. The normalized spacial score (nSPS) is 12.1. The lowest BCUT2D eigenvalue weighted by atomic mass is 10.1. The Hall–Kier alpha value is -6.35. The van der Waals surface area contributed by atoms with Gasteiger partial charge in [0.05, 0.1) is 38.4 Å². The first-order valence-electron chi connectivity index (χ1n) is 16.0. The minimum Gasteiger partial charge on any atom is -0.456 e. The molecule has 0 aliphatic carbocycles. The topological polar surface area (TPSA) is 46.8 Å². The summed E-state index contributed by atoms with van der Waals surface area (Å²) in [5.41, 5.74) is 9.13. The maximum Gasteiger partial charge on any atom is 0.135 e. The van der Waals surface area contributed by atoms with Gasteiger partial charge in [-0.2, -0.15) is 5.26 Å². The molecule has 0 bridgehead atoms. The summed E-state index contributed by atoms with van der Waals surface area (Å²) in [6.07, 6.45) is 0. The van der Waals surface area contributed by atoms with Crippen LogP contribution in [-0.4, -0.2) is 9.13 Å². The van der Waals surface area contributed by atoms with Gasteiger partial charge in [-0.25, -0.2) is 0 Å². The van der Waals surface area contributed by atoms with E-state index in [1.807, 2.05) is 23.5 Å². The summed E-state index contributed by atoms with van der Waals surface area (Å²) in [5.74, 6) is 0. The molecule has 0 saturated heterocycles. The molecule has 0 fully saturated rings. The van der Waals surface area contributed by atoms with Crippen molar-refractivity contribution in [1.29, 1.82) is 5.26 Å². The van der Waals surface area contributed by atoms with Crippen LogP contribution in [0.15, 0.2) is 144 Å². The molecule has 0 saturated carbocycles. The predicted octanol–water partition coefficient (Wildman–Crippen LogP) is 12.0. The Morgan fingerprint density at radius 1 is 0.479 bits per heavy atom. The van der Waals surface area contributed by atoms with Crippen LogP contribution in [0, 0.1) is 11.3 Å². The molecular weight excluding hydrogens is 607 g/mol. The number of hydrogen-bond acceptors (Lipinski definition) is 3. The standard InChI is InChI=1S/C43H23N3OS/c44-24-25-13-18-38-33(21-25)29-8-2-4-10-36(29)45(38)26-14-19-39-34(22-26)35-23-27(15-20-40(35)47-39)46-37-11-5-1-7-28(37)31-16-17-32-30-9-3-6-12-41(30)48-43(32)42(31)46/h1-23H. The number of fused-ring (bicyclic) bond motifs is 13. The molecule has 7 aromatic carbocycles. The van der Waals surface area contributed by atoms with Crippen molar-refractivity contribution in [3.63, 3.8) is 0 Å². The average molecular weight is 630 g/mol. The zero-order valence-electron chi connectivity index (χ0n) is 25.4. The fraction of sp³-hybridized carbons (Fsp3) is 0. The van der Waals surface area contributed by atoms with Gasteiger partial charge in [0.1, 0.15) is 11.2 Å². The van der Waals surface area contributed by atoms with Crippen molar-refractivity contribution < 1.29 is 4.42 Å². The van der Waals surface area contributed by atoms with Crippen molar-refractivity contribution in [3.8, 4) is 17.4 Å². The van der Waals surface area contributed by atoms with E-state index < -0.39 is 0 Å². The van der Waals surface area contributed by atoms with Crippen LogP contribution in [0.4, 0.5) is 0 Å². The molecule has 0 N–H and O–H groups in total. The van der Waals surface area contributed by atoms with Gasteiger partial charge in [-0.1, -0.05) is 66.7 Å². The summed E-state index contributed by atoms with van der Waals surface area (Å²) in [6.45, 7) is 0. The number of benzene rings is 7. The van der Waals surface area contributed by atoms with Crippen LogP contribution in [0.25, 0.3) is 97.1 Å². The predicted molar refractivity (Wildman–Crippen MR) is 200 cm³/mol. The van der Waals surface area contributed by atoms with E-state index in [0.29, 0.717) is 5.56 Å². The number of nitriles is 1. The molecule has 4 aromatic heterocycles. The second-order valence-electron chi connectivity index (χ2n) is 12.4. The number of para-hydroxylation sites is 2. The lowest BCUT2D eigenvalue weighted by Crippen LogP contribution is -1.94. The van der Waals surface area contributed by atoms with Crippen LogP contribution >= 0.6 is 11.3 Å². The first kappa shape index (κ1) is 25.8. The van der Waals surface area contributed by atoms with Crippen molar-refractivity contribution in [2.24, 2.45) is 0 Å². The van der Waals surface area contributed by atoms with Gasteiger partial charge in [-0.05, 0) is 72.8 Å². The Morgan fingerprint density at radius 3 is 1.83 bits per heavy atom. The van der Waals surface area contributed by atoms with E-state index >= 15 is 0 Å². The lowest BCUT2D eigenvalue weighted by Gasteiger charge is -2.09. The van der Waals surface area contributed by atoms with Gasteiger partial charge in [0.15, 0.2) is 0 Å². The Labute approximate surface area is 277 Å². The number of rotatable bonds is 2. The number of aromatic nitrogens is 2. The minimum absolute atomic E-state index is 0.659. The van der Waals surface area contributed by atoms with Gasteiger partial charge in [-0.15, -0.1) is 11.3 Å². The summed E-state index contributed by atoms with van der Waals surface area (Å²) in [4.78, 5) is 0. The van der Waals surface area contributed by atoms with Crippen LogP contribution < -0.4 is 0 Å². The number of hydrogen-bond donors (Lipinski definition) is 0. The highest BCUT2D eigenvalue weighted by Gasteiger charge is 2.19. The van der Waals surface area contributed by atoms with E-state index in [1.54, 1.807) is 0 Å². The van der Waals surface area contributed by atoms with Gasteiger partial charge in [0, 0.05) is 59.2 Å². The molecule has 0 amide bonds. The summed E-state index contributed by atoms with van der Waals surface area (Å²) >= 11 is 1.87. The van der Waals surface area contributed by atoms with Crippen molar-refractivity contribution in [2.75, 3.05) is 0 Å². The van der Waals surface area contributed by atoms with Crippen molar-refractivity contribution in [2.45, 2.75) is 0 Å². The molecular formula is C43H23N3OS. The van der Waals surface area contributed by atoms with Crippen LogP contribution in [-0.2, 0) is 0 Å². The molecule has 5 heteroatoms. The molecule has 0 aliphatic heterocycles. The molecule has 4 nitrogen and oxygen atoms in total. The molecule has 0 aliphatic rings. The van der Waals surface area contributed by atoms with E-state index in [-0.39, 0.29) is 0 Å². The first-order valence-corrected chi connectivity index (χ1v) is 16.8. The molecule has 48 heavy (non-hydrogen) atoms. The summed E-state index contributed by atoms with van der Waals surface area (Å²) in [5, 5.41) is 19.1. The Bertz CT molecular complexity index is 3200. The van der Waals surface area contributed by atoms with E-state index in [2.05, 4.69) is 143 Å². The van der Waals surface area contributed by atoms with Crippen molar-refractivity contribution in [1.82, 2.24) is 9.13 Å². The van der Waals surface area contributed by atoms with Crippen LogP contribution in [0.5, 0.6) is 0 Å². The molecule has 0 atom stereocenters. The second-order valence-corrected chi connectivity index (χ2v) is 13.5. The van der Waals surface area contributed by atoms with Crippen LogP contribution in [0.2, 0.25) is 0 Å². The van der Waals surface area contributed by atoms with E-state index in [4.69, 9.17) is 4.42 Å². The molecule has 0 spiro atoms. The minimum atomic E-state index is 0.659. The Morgan fingerprint density at radius 2 is 1.08 bits per heavy atom. The number of nitrogens with zero attached hydrogens (tertiary/aromatic N) is 3. The lowest BCUT2D eigenvalue weighted by molar-refractivity contribution is 0.669. The smallest absolute Gasteiger partial charge is 0.135 e. The van der Waals surface area contributed by atoms with E-state index in [1.165, 1.54) is 42.0 Å².